The quantitative estimate of drug-likeness (QED) is 0.841. The lowest BCUT2D eigenvalue weighted by molar-refractivity contribution is 0.509. The molecule has 3 N–H and O–H groups in total. The van der Waals surface area contributed by atoms with Crippen molar-refractivity contribution in [3.8, 4) is 0 Å². The summed E-state index contributed by atoms with van der Waals surface area (Å²) >= 11 is 6.30. The largest absolute Gasteiger partial charge is 0.389 e. The standard InChI is InChI=1S/C14H14F2N2S2/c1-7-5-9(20-8(7)2)6-18-11-4-3-10(14(17)19)12(15)13(11)16/h3-5,18H,6H2,1-2H3,(H2,17,19). The normalized spacial score (nSPS) is 10.6. The Bertz CT molecular complexity index is 646. The first-order valence-electron chi connectivity index (χ1n) is 5.97. The Hall–Kier alpha value is -1.53. The van der Waals surface area contributed by atoms with Gasteiger partial charge in [-0.3, -0.25) is 0 Å². The van der Waals surface area contributed by atoms with Crippen LogP contribution < -0.4 is 11.1 Å². The molecule has 1 aromatic carbocycles. The number of thiophene rings is 1. The number of hydrogen-bond acceptors (Lipinski definition) is 3. The minimum Gasteiger partial charge on any atom is -0.389 e. The average Bonchev–Trinajstić information content (AvgIpc) is 2.70. The maximum atomic E-state index is 13.9. The van der Waals surface area contributed by atoms with Gasteiger partial charge in [-0.2, -0.15) is 0 Å². The number of anilines is 1. The lowest BCUT2D eigenvalue weighted by atomic mass is 10.1. The number of halogens is 2. The summed E-state index contributed by atoms with van der Waals surface area (Å²) in [7, 11) is 0. The summed E-state index contributed by atoms with van der Waals surface area (Å²) in [5, 5.41) is 2.89. The highest BCUT2D eigenvalue weighted by molar-refractivity contribution is 7.80. The molecular formula is C14H14F2N2S2. The number of thiocarbonyl (C=S) groups is 1. The molecule has 0 aliphatic heterocycles. The maximum absolute atomic E-state index is 13.9. The molecule has 2 nitrogen and oxygen atoms in total. The fraction of sp³-hybridized carbons (Fsp3) is 0.214. The molecular weight excluding hydrogens is 298 g/mol. The number of rotatable bonds is 4. The summed E-state index contributed by atoms with van der Waals surface area (Å²) in [5.74, 6) is -1.97. The summed E-state index contributed by atoms with van der Waals surface area (Å²) in [6.45, 7) is 4.50. The van der Waals surface area contributed by atoms with Crippen molar-refractivity contribution in [3.05, 3.63) is 50.7 Å². The highest BCUT2D eigenvalue weighted by Crippen LogP contribution is 2.24. The van der Waals surface area contributed by atoms with Gasteiger partial charge in [-0.1, -0.05) is 12.2 Å². The third-order valence-electron chi connectivity index (χ3n) is 3.02. The van der Waals surface area contributed by atoms with Crippen molar-refractivity contribution < 1.29 is 8.78 Å². The van der Waals surface area contributed by atoms with Crippen molar-refractivity contribution >= 4 is 34.2 Å². The molecule has 0 aliphatic carbocycles. The van der Waals surface area contributed by atoms with Crippen LogP contribution in [0.3, 0.4) is 0 Å². The molecule has 0 unspecified atom stereocenters. The molecule has 0 radical (unpaired) electrons. The topological polar surface area (TPSA) is 38.0 Å². The van der Waals surface area contributed by atoms with E-state index in [4.69, 9.17) is 5.73 Å². The van der Waals surface area contributed by atoms with Crippen molar-refractivity contribution in [2.45, 2.75) is 20.4 Å². The molecule has 0 aliphatic rings. The lowest BCUT2D eigenvalue weighted by Gasteiger charge is -2.09. The Morgan fingerprint density at radius 1 is 1.30 bits per heavy atom. The predicted molar refractivity (Wildman–Crippen MR) is 83.4 cm³/mol. The van der Waals surface area contributed by atoms with Crippen LogP contribution in [0.5, 0.6) is 0 Å². The maximum Gasteiger partial charge on any atom is 0.182 e. The number of hydrogen-bond donors (Lipinski definition) is 2. The summed E-state index contributed by atoms with van der Waals surface area (Å²) in [5.41, 5.74) is 6.55. The Kier molecular flexibility index (Phi) is 4.35. The Morgan fingerprint density at radius 2 is 2.00 bits per heavy atom. The molecule has 2 aromatic rings. The molecule has 0 spiro atoms. The van der Waals surface area contributed by atoms with Gasteiger partial charge in [-0.15, -0.1) is 11.3 Å². The summed E-state index contributed by atoms with van der Waals surface area (Å²) in [6, 6.07) is 4.86. The van der Waals surface area contributed by atoms with Crippen LogP contribution in [0.25, 0.3) is 0 Å². The second-order valence-corrected chi connectivity index (χ2v) is 6.24. The van der Waals surface area contributed by atoms with E-state index in [0.717, 1.165) is 4.88 Å². The van der Waals surface area contributed by atoms with Crippen LogP contribution in [0.2, 0.25) is 0 Å². The minimum absolute atomic E-state index is 0.0779. The van der Waals surface area contributed by atoms with Crippen LogP contribution in [-0.4, -0.2) is 4.99 Å². The van der Waals surface area contributed by atoms with Crippen LogP contribution in [0.4, 0.5) is 14.5 Å². The highest BCUT2D eigenvalue weighted by Gasteiger charge is 2.15. The first kappa shape index (κ1) is 14.9. The third-order valence-corrected chi connectivity index (χ3v) is 4.39. The summed E-state index contributed by atoms with van der Waals surface area (Å²) in [6.07, 6.45) is 0. The van der Waals surface area contributed by atoms with Crippen molar-refractivity contribution in [2.24, 2.45) is 5.73 Å². The van der Waals surface area contributed by atoms with Crippen LogP contribution in [0, 0.1) is 25.5 Å². The van der Waals surface area contributed by atoms with Gasteiger partial charge >= 0.3 is 0 Å². The van der Waals surface area contributed by atoms with Crippen molar-refractivity contribution in [2.75, 3.05) is 5.32 Å². The molecule has 2 rings (SSSR count). The van der Waals surface area contributed by atoms with Crippen LogP contribution >= 0.6 is 23.6 Å². The van der Waals surface area contributed by atoms with E-state index >= 15 is 0 Å². The summed E-state index contributed by atoms with van der Waals surface area (Å²) < 4.78 is 27.6. The van der Waals surface area contributed by atoms with E-state index in [2.05, 4.69) is 17.5 Å². The Morgan fingerprint density at radius 3 is 2.55 bits per heavy atom. The zero-order valence-electron chi connectivity index (χ0n) is 11.1. The molecule has 1 aromatic heterocycles. The SMILES string of the molecule is Cc1cc(CNc2ccc(C(N)=S)c(F)c2F)sc1C. The smallest absolute Gasteiger partial charge is 0.182 e. The number of aryl methyl sites for hydroxylation is 2. The van der Waals surface area contributed by atoms with Gasteiger partial charge in [0.1, 0.15) is 4.99 Å². The Labute approximate surface area is 125 Å². The van der Waals surface area contributed by atoms with E-state index in [1.54, 1.807) is 11.3 Å². The zero-order chi connectivity index (χ0) is 14.9. The van der Waals surface area contributed by atoms with E-state index < -0.39 is 11.6 Å². The molecule has 0 fully saturated rings. The molecule has 0 atom stereocenters. The van der Waals surface area contributed by atoms with Crippen molar-refractivity contribution in [1.82, 2.24) is 0 Å². The summed E-state index contributed by atoms with van der Waals surface area (Å²) in [4.78, 5) is 2.13. The van der Waals surface area contributed by atoms with Gasteiger partial charge in [-0.25, -0.2) is 8.78 Å². The fourth-order valence-electron chi connectivity index (χ4n) is 1.80. The third kappa shape index (κ3) is 2.96. The van der Waals surface area contributed by atoms with Gasteiger partial charge in [0.15, 0.2) is 11.6 Å². The van der Waals surface area contributed by atoms with Gasteiger partial charge in [0.2, 0.25) is 0 Å². The van der Waals surface area contributed by atoms with E-state index in [9.17, 15) is 8.78 Å². The molecule has 20 heavy (non-hydrogen) atoms. The Balaban J connectivity index is 2.18. The predicted octanol–water partition coefficient (Wildman–Crippen LogP) is 3.89. The molecule has 0 bridgehead atoms. The van der Waals surface area contributed by atoms with Crippen molar-refractivity contribution in [3.63, 3.8) is 0 Å². The van der Waals surface area contributed by atoms with E-state index in [-0.39, 0.29) is 16.2 Å². The molecule has 106 valence electrons. The molecule has 0 saturated heterocycles. The highest BCUT2D eigenvalue weighted by atomic mass is 32.1. The molecule has 6 heteroatoms. The number of benzene rings is 1. The van der Waals surface area contributed by atoms with Gasteiger partial charge in [0.25, 0.3) is 0 Å². The van der Waals surface area contributed by atoms with Gasteiger partial charge in [0.05, 0.1) is 5.69 Å². The molecule has 0 saturated carbocycles. The second kappa shape index (κ2) is 5.85. The van der Waals surface area contributed by atoms with Gasteiger partial charge in [-0.05, 0) is 37.6 Å². The average molecular weight is 312 g/mol. The first-order valence-corrected chi connectivity index (χ1v) is 7.20. The number of nitrogens with one attached hydrogen (secondary N) is 1. The minimum atomic E-state index is -1.01. The van der Waals surface area contributed by atoms with E-state index in [0.29, 0.717) is 6.54 Å². The van der Waals surface area contributed by atoms with Crippen LogP contribution in [-0.2, 0) is 6.54 Å². The fourth-order valence-corrected chi connectivity index (χ4v) is 2.95. The lowest BCUT2D eigenvalue weighted by Crippen LogP contribution is -2.13. The van der Waals surface area contributed by atoms with Crippen LogP contribution in [0.1, 0.15) is 20.9 Å². The van der Waals surface area contributed by atoms with E-state index in [1.165, 1.54) is 22.6 Å². The first-order chi connectivity index (χ1) is 9.40. The number of nitrogens with two attached hydrogens (primary N) is 1. The molecule has 0 amide bonds. The van der Waals surface area contributed by atoms with E-state index in [1.807, 2.05) is 19.9 Å². The van der Waals surface area contributed by atoms with Crippen molar-refractivity contribution in [1.29, 1.82) is 0 Å². The van der Waals surface area contributed by atoms with Gasteiger partial charge < -0.3 is 11.1 Å². The van der Waals surface area contributed by atoms with Crippen LogP contribution in [0.15, 0.2) is 18.2 Å². The monoisotopic (exact) mass is 312 g/mol. The molecule has 1 heterocycles. The zero-order valence-corrected chi connectivity index (χ0v) is 12.7. The van der Waals surface area contributed by atoms with Gasteiger partial charge in [0, 0.05) is 21.9 Å². The second-order valence-electron chi connectivity index (χ2n) is 4.46.